The molecule has 1 aromatic carbocycles. The lowest BCUT2D eigenvalue weighted by Crippen LogP contribution is -2.40. The van der Waals surface area contributed by atoms with E-state index in [1.165, 1.54) is 0 Å². The monoisotopic (exact) mass is 365 g/mol. The Bertz CT molecular complexity index is 598. The molecular formula is C20H31NO5. The third kappa shape index (κ3) is 6.67. The zero-order chi connectivity index (χ0) is 19.6. The molecule has 0 fully saturated rings. The van der Waals surface area contributed by atoms with Crippen molar-refractivity contribution >= 4 is 17.6 Å². The highest BCUT2D eigenvalue weighted by atomic mass is 16.5. The van der Waals surface area contributed by atoms with Crippen LogP contribution in [0.1, 0.15) is 64.2 Å². The maximum absolute atomic E-state index is 12.5. The van der Waals surface area contributed by atoms with Gasteiger partial charge in [-0.25, -0.2) is 4.79 Å². The van der Waals surface area contributed by atoms with Crippen molar-refractivity contribution in [3.05, 3.63) is 23.8 Å². The van der Waals surface area contributed by atoms with Crippen LogP contribution in [0.4, 0.5) is 5.69 Å². The minimum absolute atomic E-state index is 0.266. The lowest BCUT2D eigenvalue weighted by atomic mass is 10.1. The first-order valence-electron chi connectivity index (χ1n) is 9.25. The summed E-state index contributed by atoms with van der Waals surface area (Å²) in [5, 5.41) is 2.80. The topological polar surface area (TPSA) is 73.9 Å². The van der Waals surface area contributed by atoms with Crippen LogP contribution in [0.25, 0.3) is 0 Å². The number of hydrogen-bond acceptors (Lipinski definition) is 5. The summed E-state index contributed by atoms with van der Waals surface area (Å²) in [6.45, 7) is 10.5. The number of hydrogen-bond donors (Lipinski definition) is 1. The van der Waals surface area contributed by atoms with Gasteiger partial charge in [0, 0.05) is 12.3 Å². The Morgan fingerprint density at radius 2 is 1.81 bits per heavy atom. The summed E-state index contributed by atoms with van der Waals surface area (Å²) >= 11 is 0. The van der Waals surface area contributed by atoms with E-state index in [4.69, 9.17) is 14.2 Å². The molecule has 0 aliphatic carbocycles. The fraction of sp³-hybridized carbons (Fsp3) is 0.600. The molecule has 0 aliphatic rings. The predicted molar refractivity (Wildman–Crippen MR) is 102 cm³/mol. The summed E-state index contributed by atoms with van der Waals surface area (Å²) < 4.78 is 16.4. The van der Waals surface area contributed by atoms with Gasteiger partial charge < -0.3 is 19.5 Å². The summed E-state index contributed by atoms with van der Waals surface area (Å²) in [6, 6.07) is 4.96. The Morgan fingerprint density at radius 3 is 2.42 bits per heavy atom. The van der Waals surface area contributed by atoms with Gasteiger partial charge in [0.05, 0.1) is 13.2 Å². The van der Waals surface area contributed by atoms with Crippen LogP contribution in [-0.2, 0) is 14.3 Å². The fourth-order valence-electron chi connectivity index (χ4n) is 2.13. The second-order valence-corrected chi connectivity index (χ2v) is 6.45. The van der Waals surface area contributed by atoms with Gasteiger partial charge in [0.25, 0.3) is 5.91 Å². The minimum Gasteiger partial charge on any atom is -0.493 e. The number of amides is 1. The molecule has 146 valence electrons. The second-order valence-electron chi connectivity index (χ2n) is 6.45. The number of esters is 1. The summed E-state index contributed by atoms with van der Waals surface area (Å²) in [5.74, 6) is -0.298. The molecular weight excluding hydrogens is 334 g/mol. The molecule has 0 unspecified atom stereocenters. The molecule has 1 amide bonds. The van der Waals surface area contributed by atoms with Crippen molar-refractivity contribution in [3.8, 4) is 5.75 Å². The summed E-state index contributed by atoms with van der Waals surface area (Å²) in [6.07, 6.45) is 2.72. The normalized spacial score (nSPS) is 11.1. The van der Waals surface area contributed by atoms with E-state index in [1.807, 2.05) is 6.92 Å². The first-order chi connectivity index (χ1) is 12.4. The van der Waals surface area contributed by atoms with Crippen LogP contribution in [0.3, 0.4) is 0 Å². The van der Waals surface area contributed by atoms with Crippen LogP contribution in [-0.4, -0.2) is 37.3 Å². The van der Waals surface area contributed by atoms with Crippen molar-refractivity contribution in [1.82, 2.24) is 0 Å². The minimum atomic E-state index is -0.962. The van der Waals surface area contributed by atoms with E-state index < -0.39 is 11.6 Å². The SMILES string of the molecule is CCCCOc1ccc(NC(=O)C(C)(C)OCCC)cc1C(=O)OCC. The van der Waals surface area contributed by atoms with Crippen LogP contribution < -0.4 is 10.1 Å². The summed E-state index contributed by atoms with van der Waals surface area (Å²) in [4.78, 5) is 24.7. The van der Waals surface area contributed by atoms with Crippen molar-refractivity contribution in [1.29, 1.82) is 0 Å². The van der Waals surface area contributed by atoms with E-state index in [-0.39, 0.29) is 12.5 Å². The van der Waals surface area contributed by atoms with E-state index in [2.05, 4.69) is 12.2 Å². The fourth-order valence-corrected chi connectivity index (χ4v) is 2.13. The van der Waals surface area contributed by atoms with Gasteiger partial charge in [-0.3, -0.25) is 4.79 Å². The maximum Gasteiger partial charge on any atom is 0.341 e. The number of carbonyl (C=O) groups is 2. The maximum atomic E-state index is 12.5. The molecule has 0 bridgehead atoms. The van der Waals surface area contributed by atoms with Crippen LogP contribution in [0.2, 0.25) is 0 Å². The van der Waals surface area contributed by atoms with E-state index in [0.29, 0.717) is 30.2 Å². The van der Waals surface area contributed by atoms with Crippen LogP contribution in [0, 0.1) is 0 Å². The van der Waals surface area contributed by atoms with Gasteiger partial charge in [-0.15, -0.1) is 0 Å². The molecule has 0 aliphatic heterocycles. The van der Waals surface area contributed by atoms with Crippen LogP contribution in [0.5, 0.6) is 5.75 Å². The lowest BCUT2D eigenvalue weighted by Gasteiger charge is -2.24. The Hall–Kier alpha value is -2.08. The highest BCUT2D eigenvalue weighted by Crippen LogP contribution is 2.25. The van der Waals surface area contributed by atoms with E-state index in [9.17, 15) is 9.59 Å². The van der Waals surface area contributed by atoms with Crippen molar-refractivity contribution < 1.29 is 23.8 Å². The van der Waals surface area contributed by atoms with Crippen LogP contribution in [0.15, 0.2) is 18.2 Å². The number of carbonyl (C=O) groups excluding carboxylic acids is 2. The van der Waals surface area contributed by atoms with Crippen molar-refractivity contribution in [3.63, 3.8) is 0 Å². The van der Waals surface area contributed by atoms with Gasteiger partial charge >= 0.3 is 5.97 Å². The second kappa shape index (κ2) is 10.8. The first kappa shape index (κ1) is 22.0. The highest BCUT2D eigenvalue weighted by Gasteiger charge is 2.28. The van der Waals surface area contributed by atoms with Gasteiger partial charge in [0.15, 0.2) is 0 Å². The first-order valence-corrected chi connectivity index (χ1v) is 9.25. The predicted octanol–water partition coefficient (Wildman–Crippen LogP) is 4.19. The molecule has 26 heavy (non-hydrogen) atoms. The Balaban J connectivity index is 2.97. The quantitative estimate of drug-likeness (QED) is 0.470. The molecule has 0 saturated heterocycles. The standard InChI is InChI=1S/C20H31NO5/c1-6-9-13-25-17-11-10-15(14-16(17)18(22)24-8-3)21-19(23)20(4,5)26-12-7-2/h10-11,14H,6-9,12-13H2,1-5H3,(H,21,23). The van der Waals surface area contributed by atoms with Gasteiger partial charge in [0.2, 0.25) is 0 Å². The largest absolute Gasteiger partial charge is 0.493 e. The van der Waals surface area contributed by atoms with Crippen molar-refractivity contribution in [2.45, 2.75) is 59.5 Å². The molecule has 1 N–H and O–H groups in total. The van der Waals surface area contributed by atoms with Crippen molar-refractivity contribution in [2.24, 2.45) is 0 Å². The molecule has 0 heterocycles. The molecule has 6 heteroatoms. The molecule has 0 spiro atoms. The number of rotatable bonds is 11. The van der Waals surface area contributed by atoms with E-state index in [0.717, 1.165) is 19.3 Å². The number of anilines is 1. The average molecular weight is 365 g/mol. The third-order valence-electron chi connectivity index (χ3n) is 3.70. The summed E-state index contributed by atoms with van der Waals surface area (Å²) in [7, 11) is 0. The van der Waals surface area contributed by atoms with Crippen LogP contribution >= 0.6 is 0 Å². The van der Waals surface area contributed by atoms with E-state index >= 15 is 0 Å². The number of benzene rings is 1. The Labute approximate surface area is 156 Å². The molecule has 0 atom stereocenters. The Morgan fingerprint density at radius 1 is 1.08 bits per heavy atom. The average Bonchev–Trinajstić information content (AvgIpc) is 2.61. The van der Waals surface area contributed by atoms with Gasteiger partial charge in [-0.05, 0) is 51.8 Å². The number of unbranched alkanes of at least 4 members (excludes halogenated alkanes) is 1. The number of ether oxygens (including phenoxy) is 3. The summed E-state index contributed by atoms with van der Waals surface area (Å²) in [5.41, 5.74) is -0.168. The smallest absolute Gasteiger partial charge is 0.341 e. The zero-order valence-corrected chi connectivity index (χ0v) is 16.5. The molecule has 6 nitrogen and oxygen atoms in total. The van der Waals surface area contributed by atoms with Gasteiger partial charge in [0.1, 0.15) is 16.9 Å². The Kier molecular flexibility index (Phi) is 9.13. The lowest BCUT2D eigenvalue weighted by molar-refractivity contribution is -0.137. The third-order valence-corrected chi connectivity index (χ3v) is 3.70. The molecule has 1 rings (SSSR count). The molecule has 0 aromatic heterocycles. The van der Waals surface area contributed by atoms with Crippen molar-refractivity contribution in [2.75, 3.05) is 25.1 Å². The molecule has 1 aromatic rings. The van der Waals surface area contributed by atoms with Gasteiger partial charge in [-0.2, -0.15) is 0 Å². The van der Waals surface area contributed by atoms with E-state index in [1.54, 1.807) is 39.0 Å². The van der Waals surface area contributed by atoms with Gasteiger partial charge in [-0.1, -0.05) is 20.3 Å². The molecule has 0 radical (unpaired) electrons. The highest BCUT2D eigenvalue weighted by molar-refractivity contribution is 5.99. The zero-order valence-electron chi connectivity index (χ0n) is 16.5. The molecule has 0 saturated carbocycles. The number of nitrogens with one attached hydrogen (secondary N) is 1.